The summed E-state index contributed by atoms with van der Waals surface area (Å²) in [7, 11) is 1.78. The van der Waals surface area contributed by atoms with Crippen LogP contribution in [0.4, 0.5) is 23.2 Å². The van der Waals surface area contributed by atoms with Crippen LogP contribution in [0.15, 0.2) is 41.2 Å². The summed E-state index contributed by atoms with van der Waals surface area (Å²) in [6.07, 6.45) is 0.722. The van der Waals surface area contributed by atoms with E-state index in [-0.39, 0.29) is 24.6 Å². The number of nitrogens with zero attached hydrogens (tertiary/aromatic N) is 2. The van der Waals surface area contributed by atoms with Gasteiger partial charge in [-0.1, -0.05) is 6.08 Å². The maximum absolute atomic E-state index is 13.8. The Balaban J connectivity index is 2.24. The summed E-state index contributed by atoms with van der Waals surface area (Å²) < 4.78 is 59.4. The van der Waals surface area contributed by atoms with Crippen LogP contribution in [-0.4, -0.2) is 54.4 Å². The minimum Gasteiger partial charge on any atom is -0.507 e. The van der Waals surface area contributed by atoms with E-state index in [0.29, 0.717) is 12.1 Å². The zero-order chi connectivity index (χ0) is 22.5. The van der Waals surface area contributed by atoms with E-state index in [0.717, 1.165) is 12.1 Å². The number of benzene rings is 1. The average molecular weight is 430 g/mol. The zero-order valence-electron chi connectivity index (χ0n) is 17.1. The summed E-state index contributed by atoms with van der Waals surface area (Å²) in [6.45, 7) is 2.87. The van der Waals surface area contributed by atoms with Crippen molar-refractivity contribution in [1.29, 1.82) is 0 Å². The Bertz CT molecular complexity index is 836. The molecular weight excluding hydrogens is 404 g/mol. The first-order valence-corrected chi connectivity index (χ1v) is 9.47. The summed E-state index contributed by atoms with van der Waals surface area (Å²) in [6, 6.07) is 2.14. The fourth-order valence-electron chi connectivity index (χ4n) is 2.83. The van der Waals surface area contributed by atoms with Crippen molar-refractivity contribution >= 4 is 12.0 Å². The molecule has 0 saturated heterocycles. The Labute approximate surface area is 173 Å². The molecule has 2 unspecified atom stereocenters. The van der Waals surface area contributed by atoms with Crippen LogP contribution in [0.2, 0.25) is 0 Å². The van der Waals surface area contributed by atoms with Gasteiger partial charge >= 0.3 is 6.18 Å². The Morgan fingerprint density at radius 2 is 2.03 bits per heavy atom. The summed E-state index contributed by atoms with van der Waals surface area (Å²) in [5.41, 5.74) is -3.49. The molecule has 0 bridgehead atoms. The maximum atomic E-state index is 13.8. The standard InChI is InChI=1S/C21H26F4N2O3/c1-4-27(3)13-26-18-10-19(28)17(9-14(18)2)20(29,21(23,24)25)12-30-11-15-5-7-16(22)8-6-15/h5,7-10,13,15,28-29H,4,6,11-12H2,1-3H3. The Morgan fingerprint density at radius 3 is 2.60 bits per heavy atom. The van der Waals surface area contributed by atoms with Crippen LogP contribution in [0.1, 0.15) is 24.5 Å². The van der Waals surface area contributed by atoms with E-state index < -0.39 is 35.5 Å². The lowest BCUT2D eigenvalue weighted by molar-refractivity contribution is -0.282. The average Bonchev–Trinajstić information content (AvgIpc) is 2.68. The van der Waals surface area contributed by atoms with Crippen molar-refractivity contribution in [2.75, 3.05) is 26.8 Å². The molecule has 1 aromatic rings. The number of aryl methyl sites for hydroxylation is 1. The van der Waals surface area contributed by atoms with Gasteiger partial charge in [0.25, 0.3) is 0 Å². The number of rotatable bonds is 8. The number of hydrogen-bond donors (Lipinski definition) is 2. The smallest absolute Gasteiger partial charge is 0.423 e. The predicted octanol–water partition coefficient (Wildman–Crippen LogP) is 4.51. The van der Waals surface area contributed by atoms with E-state index in [1.165, 1.54) is 31.5 Å². The van der Waals surface area contributed by atoms with Crippen LogP contribution in [0.5, 0.6) is 5.75 Å². The molecule has 0 fully saturated rings. The molecule has 5 nitrogen and oxygen atoms in total. The van der Waals surface area contributed by atoms with Gasteiger partial charge in [-0.2, -0.15) is 13.2 Å². The Hall–Kier alpha value is -2.39. The molecule has 0 amide bonds. The third-order valence-corrected chi connectivity index (χ3v) is 4.91. The number of aliphatic imine (C=N–C) groups is 1. The lowest BCUT2D eigenvalue weighted by Gasteiger charge is -2.32. The van der Waals surface area contributed by atoms with E-state index in [2.05, 4.69) is 4.99 Å². The second kappa shape index (κ2) is 9.61. The van der Waals surface area contributed by atoms with Crippen molar-refractivity contribution in [1.82, 2.24) is 4.90 Å². The van der Waals surface area contributed by atoms with Crippen LogP contribution in [0, 0.1) is 12.8 Å². The minimum atomic E-state index is -5.10. The monoisotopic (exact) mass is 430 g/mol. The van der Waals surface area contributed by atoms with Gasteiger partial charge in [-0.05, 0) is 44.1 Å². The molecule has 9 heteroatoms. The number of aliphatic hydroxyl groups is 1. The van der Waals surface area contributed by atoms with Crippen molar-refractivity contribution < 1.29 is 32.5 Å². The van der Waals surface area contributed by atoms with Crippen LogP contribution >= 0.6 is 0 Å². The largest absolute Gasteiger partial charge is 0.507 e. The molecule has 166 valence electrons. The number of hydrogen-bond acceptors (Lipinski definition) is 4. The number of ether oxygens (including phenoxy) is 1. The summed E-state index contributed by atoms with van der Waals surface area (Å²) >= 11 is 0. The lowest BCUT2D eigenvalue weighted by Crippen LogP contribution is -2.46. The topological polar surface area (TPSA) is 65.3 Å². The molecule has 30 heavy (non-hydrogen) atoms. The number of alkyl halides is 3. The molecular formula is C21H26F4N2O3. The quantitative estimate of drug-likeness (QED) is 0.362. The second-order valence-corrected chi connectivity index (χ2v) is 7.29. The highest BCUT2D eigenvalue weighted by molar-refractivity contribution is 5.65. The molecule has 0 aromatic heterocycles. The zero-order valence-corrected chi connectivity index (χ0v) is 17.1. The minimum absolute atomic E-state index is 0.135. The van der Waals surface area contributed by atoms with E-state index in [1.807, 2.05) is 6.92 Å². The van der Waals surface area contributed by atoms with Gasteiger partial charge in [0.15, 0.2) is 0 Å². The van der Waals surface area contributed by atoms with Gasteiger partial charge in [0.1, 0.15) is 11.6 Å². The third kappa shape index (κ3) is 5.60. The second-order valence-electron chi connectivity index (χ2n) is 7.29. The van der Waals surface area contributed by atoms with Crippen LogP contribution < -0.4 is 0 Å². The van der Waals surface area contributed by atoms with Gasteiger partial charge in [-0.25, -0.2) is 9.38 Å². The number of aromatic hydroxyl groups is 1. The molecule has 0 aliphatic heterocycles. The van der Waals surface area contributed by atoms with Gasteiger partial charge < -0.3 is 19.8 Å². The molecule has 1 aromatic carbocycles. The highest BCUT2D eigenvalue weighted by Crippen LogP contribution is 2.44. The van der Waals surface area contributed by atoms with Crippen molar-refractivity contribution in [3.8, 4) is 5.75 Å². The first-order chi connectivity index (χ1) is 14.0. The highest BCUT2D eigenvalue weighted by atomic mass is 19.4. The molecule has 0 spiro atoms. The van der Waals surface area contributed by atoms with Gasteiger partial charge in [-0.15, -0.1) is 0 Å². The first-order valence-electron chi connectivity index (χ1n) is 9.47. The molecule has 2 rings (SSSR count). The van der Waals surface area contributed by atoms with Crippen LogP contribution in [0.25, 0.3) is 0 Å². The van der Waals surface area contributed by atoms with E-state index in [4.69, 9.17) is 4.74 Å². The van der Waals surface area contributed by atoms with Crippen molar-refractivity contribution in [3.63, 3.8) is 0 Å². The molecule has 0 heterocycles. The van der Waals surface area contributed by atoms with Crippen molar-refractivity contribution in [2.45, 2.75) is 32.0 Å². The molecule has 2 atom stereocenters. The molecule has 0 radical (unpaired) electrons. The molecule has 2 N–H and O–H groups in total. The third-order valence-electron chi connectivity index (χ3n) is 4.91. The van der Waals surface area contributed by atoms with E-state index in [9.17, 15) is 27.8 Å². The fraction of sp³-hybridized carbons (Fsp3) is 0.476. The summed E-state index contributed by atoms with van der Waals surface area (Å²) in [5.74, 6) is -1.45. The Kier molecular flexibility index (Phi) is 7.65. The first kappa shape index (κ1) is 23.9. The van der Waals surface area contributed by atoms with Crippen molar-refractivity contribution in [3.05, 3.63) is 47.3 Å². The van der Waals surface area contributed by atoms with E-state index in [1.54, 1.807) is 11.9 Å². The van der Waals surface area contributed by atoms with Gasteiger partial charge in [-0.3, -0.25) is 0 Å². The van der Waals surface area contributed by atoms with Crippen LogP contribution in [-0.2, 0) is 10.3 Å². The normalized spacial score (nSPS) is 19.1. The summed E-state index contributed by atoms with van der Waals surface area (Å²) in [4.78, 5) is 5.91. The highest BCUT2D eigenvalue weighted by Gasteiger charge is 2.56. The SMILES string of the molecule is CCN(C)C=Nc1cc(O)c(C(O)(COCC2C=CC(F)=CC2)C(F)(F)F)cc1C. The summed E-state index contributed by atoms with van der Waals surface area (Å²) in [5, 5.41) is 20.7. The molecule has 0 saturated carbocycles. The van der Waals surface area contributed by atoms with Crippen molar-refractivity contribution in [2.24, 2.45) is 10.9 Å². The maximum Gasteiger partial charge on any atom is 0.423 e. The van der Waals surface area contributed by atoms with Gasteiger partial charge in [0.05, 0.1) is 25.2 Å². The van der Waals surface area contributed by atoms with Gasteiger partial charge in [0, 0.05) is 31.1 Å². The number of allylic oxidation sites excluding steroid dienone is 3. The lowest BCUT2D eigenvalue weighted by atomic mass is 9.91. The fourth-order valence-corrected chi connectivity index (χ4v) is 2.83. The number of phenolic OH excluding ortho intramolecular Hbond substituents is 1. The van der Waals surface area contributed by atoms with E-state index >= 15 is 0 Å². The number of halogens is 4. The van der Waals surface area contributed by atoms with Gasteiger partial charge in [0.2, 0.25) is 5.60 Å². The van der Waals surface area contributed by atoms with Crippen LogP contribution in [0.3, 0.4) is 0 Å². The number of phenols is 1. The molecule has 1 aliphatic rings. The molecule has 1 aliphatic carbocycles. The Morgan fingerprint density at radius 1 is 1.33 bits per heavy atom. The predicted molar refractivity (Wildman–Crippen MR) is 107 cm³/mol.